The predicted octanol–water partition coefficient (Wildman–Crippen LogP) is 2.51. The molecular weight excluding hydrogens is 283 g/mol. The number of thioether (sulfide) groups is 1. The molecule has 2 amide bonds. The summed E-state index contributed by atoms with van der Waals surface area (Å²) in [6.07, 6.45) is 0. The fourth-order valence-electron chi connectivity index (χ4n) is 2.14. The summed E-state index contributed by atoms with van der Waals surface area (Å²) in [6, 6.07) is 2.80. The van der Waals surface area contributed by atoms with Crippen molar-refractivity contribution in [3.8, 4) is 0 Å². The van der Waals surface area contributed by atoms with Crippen LogP contribution in [0.2, 0.25) is 0 Å². The summed E-state index contributed by atoms with van der Waals surface area (Å²) >= 11 is 1.40. The van der Waals surface area contributed by atoms with E-state index in [1.165, 1.54) is 28.8 Å². The first-order valence-electron chi connectivity index (χ1n) is 6.09. The van der Waals surface area contributed by atoms with Crippen molar-refractivity contribution in [2.75, 3.05) is 11.1 Å². The van der Waals surface area contributed by atoms with E-state index in [0.29, 0.717) is 17.0 Å². The molecule has 5 nitrogen and oxygen atoms in total. The number of aryl methyl sites for hydroxylation is 1. The number of carboxylic acid groups (broad SMARTS) is 1. The lowest BCUT2D eigenvalue weighted by Gasteiger charge is -2.25. The van der Waals surface area contributed by atoms with Crippen molar-refractivity contribution >= 4 is 29.4 Å². The van der Waals surface area contributed by atoms with Crippen molar-refractivity contribution in [3.05, 3.63) is 29.6 Å². The number of rotatable bonds is 2. The number of halogens is 1. The van der Waals surface area contributed by atoms with E-state index < -0.39 is 23.9 Å². The van der Waals surface area contributed by atoms with E-state index in [9.17, 15) is 14.0 Å². The van der Waals surface area contributed by atoms with Gasteiger partial charge in [0.2, 0.25) is 0 Å². The SMILES string of the molecule is Cc1cc(F)cc(NC(=O)N2C(C)SCC2C(=O)O)c1. The third-order valence-electron chi connectivity index (χ3n) is 3.04. The third kappa shape index (κ3) is 3.04. The maximum Gasteiger partial charge on any atom is 0.327 e. The normalized spacial score (nSPS) is 21.9. The molecule has 1 aliphatic rings. The van der Waals surface area contributed by atoms with E-state index in [1.807, 2.05) is 0 Å². The molecule has 20 heavy (non-hydrogen) atoms. The number of hydrogen-bond donors (Lipinski definition) is 2. The van der Waals surface area contributed by atoms with Gasteiger partial charge >= 0.3 is 12.0 Å². The summed E-state index contributed by atoms with van der Waals surface area (Å²) in [7, 11) is 0. The number of carbonyl (C=O) groups excluding carboxylic acids is 1. The van der Waals surface area contributed by atoms with Crippen LogP contribution in [0.1, 0.15) is 12.5 Å². The van der Waals surface area contributed by atoms with Crippen molar-refractivity contribution in [1.29, 1.82) is 0 Å². The number of benzene rings is 1. The number of amides is 2. The van der Waals surface area contributed by atoms with Crippen LogP contribution in [0.4, 0.5) is 14.9 Å². The quantitative estimate of drug-likeness (QED) is 0.880. The van der Waals surface area contributed by atoms with Gasteiger partial charge in [-0.1, -0.05) is 0 Å². The maximum atomic E-state index is 13.3. The van der Waals surface area contributed by atoms with Gasteiger partial charge in [-0.15, -0.1) is 11.8 Å². The van der Waals surface area contributed by atoms with Crippen LogP contribution >= 0.6 is 11.8 Å². The maximum absolute atomic E-state index is 13.3. The summed E-state index contributed by atoms with van der Waals surface area (Å²) in [4.78, 5) is 24.6. The molecule has 2 rings (SSSR count). The minimum absolute atomic E-state index is 0.231. The van der Waals surface area contributed by atoms with Crippen molar-refractivity contribution in [2.45, 2.75) is 25.3 Å². The lowest BCUT2D eigenvalue weighted by Crippen LogP contribution is -2.46. The van der Waals surface area contributed by atoms with Crippen LogP contribution in [0.3, 0.4) is 0 Å². The van der Waals surface area contributed by atoms with Gasteiger partial charge in [-0.2, -0.15) is 0 Å². The molecule has 2 atom stereocenters. The van der Waals surface area contributed by atoms with E-state index in [4.69, 9.17) is 5.11 Å². The van der Waals surface area contributed by atoms with E-state index in [0.717, 1.165) is 0 Å². The smallest absolute Gasteiger partial charge is 0.327 e. The molecule has 2 unspecified atom stereocenters. The van der Waals surface area contributed by atoms with Gasteiger partial charge in [0.1, 0.15) is 11.9 Å². The van der Waals surface area contributed by atoms with Crippen molar-refractivity contribution in [2.24, 2.45) is 0 Å². The second-order valence-electron chi connectivity index (χ2n) is 4.64. The van der Waals surface area contributed by atoms with Gasteiger partial charge in [0.15, 0.2) is 0 Å². The monoisotopic (exact) mass is 298 g/mol. The number of carboxylic acids is 1. The molecule has 0 aromatic heterocycles. The molecule has 7 heteroatoms. The second kappa shape index (κ2) is 5.70. The van der Waals surface area contributed by atoms with Gasteiger partial charge in [0.05, 0.1) is 5.37 Å². The highest BCUT2D eigenvalue weighted by molar-refractivity contribution is 8.00. The zero-order valence-corrected chi connectivity index (χ0v) is 11.9. The fourth-order valence-corrected chi connectivity index (χ4v) is 3.31. The number of hydrogen-bond acceptors (Lipinski definition) is 3. The Morgan fingerprint density at radius 2 is 2.15 bits per heavy atom. The average molecular weight is 298 g/mol. The summed E-state index contributed by atoms with van der Waals surface area (Å²) in [5.41, 5.74) is 1.000. The zero-order chi connectivity index (χ0) is 14.9. The Hall–Kier alpha value is -1.76. The molecule has 108 valence electrons. The Kier molecular flexibility index (Phi) is 4.17. The molecule has 0 spiro atoms. The van der Waals surface area contributed by atoms with Gasteiger partial charge in [-0.25, -0.2) is 14.0 Å². The molecule has 0 aliphatic carbocycles. The van der Waals surface area contributed by atoms with E-state index >= 15 is 0 Å². The number of urea groups is 1. The predicted molar refractivity (Wildman–Crippen MR) is 75.3 cm³/mol. The number of aliphatic carboxylic acids is 1. The summed E-state index contributed by atoms with van der Waals surface area (Å²) in [6.45, 7) is 3.48. The first-order valence-corrected chi connectivity index (χ1v) is 7.14. The van der Waals surface area contributed by atoms with Crippen molar-refractivity contribution < 1.29 is 19.1 Å². The average Bonchev–Trinajstić information content (AvgIpc) is 2.69. The third-order valence-corrected chi connectivity index (χ3v) is 4.25. The molecule has 2 N–H and O–H groups in total. The second-order valence-corrected chi connectivity index (χ2v) is 5.99. The molecule has 0 bridgehead atoms. The first kappa shape index (κ1) is 14.6. The van der Waals surface area contributed by atoms with Crippen molar-refractivity contribution in [1.82, 2.24) is 4.90 Å². The van der Waals surface area contributed by atoms with Crippen molar-refractivity contribution in [3.63, 3.8) is 0 Å². The minimum atomic E-state index is -1.03. The highest BCUT2D eigenvalue weighted by Gasteiger charge is 2.39. The standard InChI is InChI=1S/C13H15FN2O3S/c1-7-3-9(14)5-10(4-7)15-13(19)16-8(2)20-6-11(16)12(17)18/h3-5,8,11H,6H2,1-2H3,(H,15,19)(H,17,18). The Balaban J connectivity index is 2.16. The number of carbonyl (C=O) groups is 2. The largest absolute Gasteiger partial charge is 0.480 e. The Bertz CT molecular complexity index is 532. The van der Waals surface area contributed by atoms with Gasteiger partial charge in [-0.3, -0.25) is 4.90 Å². The molecule has 0 saturated carbocycles. The highest BCUT2D eigenvalue weighted by Crippen LogP contribution is 2.29. The molecule has 1 aliphatic heterocycles. The summed E-state index contributed by atoms with van der Waals surface area (Å²) in [5.74, 6) is -1.13. The molecule has 1 heterocycles. The summed E-state index contributed by atoms with van der Waals surface area (Å²) in [5, 5.41) is 11.4. The molecule has 0 radical (unpaired) electrons. The Morgan fingerprint density at radius 3 is 2.75 bits per heavy atom. The molecule has 1 aromatic carbocycles. The molecule has 1 aromatic rings. The van der Waals surface area contributed by atoms with E-state index in [1.54, 1.807) is 19.9 Å². The zero-order valence-electron chi connectivity index (χ0n) is 11.1. The number of nitrogens with zero attached hydrogens (tertiary/aromatic N) is 1. The number of nitrogens with one attached hydrogen (secondary N) is 1. The molecule has 1 saturated heterocycles. The topological polar surface area (TPSA) is 69.6 Å². The van der Waals surface area contributed by atoms with Gasteiger partial charge in [0, 0.05) is 11.4 Å². The number of anilines is 1. The van der Waals surface area contributed by atoms with Crippen LogP contribution in [-0.2, 0) is 4.79 Å². The van der Waals surface area contributed by atoms with Crippen LogP contribution < -0.4 is 5.32 Å². The Labute approximate surface area is 120 Å². The van der Waals surface area contributed by atoms with Gasteiger partial charge in [0.25, 0.3) is 0 Å². The van der Waals surface area contributed by atoms with E-state index in [-0.39, 0.29) is 5.37 Å². The molecule has 1 fully saturated rings. The van der Waals surface area contributed by atoms with Gasteiger partial charge < -0.3 is 10.4 Å². The van der Waals surface area contributed by atoms with Crippen LogP contribution in [0.25, 0.3) is 0 Å². The first-order chi connectivity index (χ1) is 9.38. The lowest BCUT2D eigenvalue weighted by molar-refractivity contribution is -0.141. The summed E-state index contributed by atoms with van der Waals surface area (Å²) < 4.78 is 13.3. The fraction of sp³-hybridized carbons (Fsp3) is 0.385. The van der Waals surface area contributed by atoms with Crippen LogP contribution in [0.5, 0.6) is 0 Å². The highest BCUT2D eigenvalue weighted by atomic mass is 32.2. The van der Waals surface area contributed by atoms with Crippen LogP contribution in [0, 0.1) is 12.7 Å². The van der Waals surface area contributed by atoms with Crippen LogP contribution in [0.15, 0.2) is 18.2 Å². The molecular formula is C13H15FN2O3S. The Morgan fingerprint density at radius 1 is 1.45 bits per heavy atom. The van der Waals surface area contributed by atoms with Crippen LogP contribution in [-0.4, -0.2) is 39.2 Å². The minimum Gasteiger partial charge on any atom is -0.480 e. The lowest BCUT2D eigenvalue weighted by atomic mass is 10.2. The van der Waals surface area contributed by atoms with Gasteiger partial charge in [-0.05, 0) is 37.6 Å². The van der Waals surface area contributed by atoms with E-state index in [2.05, 4.69) is 5.32 Å².